The minimum Gasteiger partial charge on any atom is -0.444 e. The highest BCUT2D eigenvalue weighted by Gasteiger charge is 2.35. The molecule has 0 saturated carbocycles. The summed E-state index contributed by atoms with van der Waals surface area (Å²) in [6, 6.07) is 2.89. The Morgan fingerprint density at radius 1 is 1.08 bits per heavy atom. The van der Waals surface area contributed by atoms with E-state index in [0.29, 0.717) is 0 Å². The van der Waals surface area contributed by atoms with Gasteiger partial charge in [0.2, 0.25) is 10.0 Å². The number of amides is 1. The van der Waals surface area contributed by atoms with Crippen molar-refractivity contribution in [3.8, 4) is 0 Å². The largest absolute Gasteiger partial charge is 0.444 e. The number of halogens is 2. The van der Waals surface area contributed by atoms with Crippen molar-refractivity contribution in [2.75, 3.05) is 26.2 Å². The van der Waals surface area contributed by atoms with Crippen LogP contribution in [0.1, 0.15) is 20.8 Å². The van der Waals surface area contributed by atoms with E-state index in [4.69, 9.17) is 4.74 Å². The third-order valence-electron chi connectivity index (χ3n) is 3.41. The standard InChI is InChI=1S/C15H20F2N2O4S/c1-15(2,3)23-14(20)18-7-9-19(10-8-18)24(21,22)13-11(16)5-4-6-12(13)17/h4-6H,7-10H2,1-3H3. The molecular weight excluding hydrogens is 342 g/mol. The summed E-state index contributed by atoms with van der Waals surface area (Å²) in [6.07, 6.45) is -0.545. The van der Waals surface area contributed by atoms with Gasteiger partial charge in [0, 0.05) is 26.2 Å². The molecule has 1 fully saturated rings. The number of hydrogen-bond acceptors (Lipinski definition) is 4. The Balaban J connectivity index is 2.10. The number of rotatable bonds is 2. The number of piperazine rings is 1. The van der Waals surface area contributed by atoms with Crippen LogP contribution in [0, 0.1) is 11.6 Å². The molecule has 0 atom stereocenters. The number of ether oxygens (including phenoxy) is 1. The lowest BCUT2D eigenvalue weighted by molar-refractivity contribution is 0.0192. The van der Waals surface area contributed by atoms with Crippen LogP contribution in [0.25, 0.3) is 0 Å². The molecule has 1 amide bonds. The van der Waals surface area contributed by atoms with E-state index in [9.17, 15) is 22.0 Å². The summed E-state index contributed by atoms with van der Waals surface area (Å²) >= 11 is 0. The van der Waals surface area contributed by atoms with Crippen LogP contribution in [0.3, 0.4) is 0 Å². The maximum Gasteiger partial charge on any atom is 0.410 e. The first kappa shape index (κ1) is 18.6. The third-order valence-corrected chi connectivity index (χ3v) is 5.36. The SMILES string of the molecule is CC(C)(C)OC(=O)N1CCN(S(=O)(=O)c2c(F)cccc2F)CC1. The lowest BCUT2D eigenvalue weighted by atomic mass is 10.2. The monoisotopic (exact) mass is 362 g/mol. The van der Waals surface area contributed by atoms with Crippen molar-refractivity contribution in [1.82, 2.24) is 9.21 Å². The summed E-state index contributed by atoms with van der Waals surface area (Å²) in [4.78, 5) is 12.4. The maximum absolute atomic E-state index is 13.8. The number of nitrogens with zero attached hydrogens (tertiary/aromatic N) is 2. The lowest BCUT2D eigenvalue weighted by Crippen LogP contribution is -2.51. The highest BCUT2D eigenvalue weighted by Crippen LogP contribution is 2.24. The first-order valence-electron chi connectivity index (χ1n) is 7.44. The van der Waals surface area contributed by atoms with Crippen molar-refractivity contribution in [3.63, 3.8) is 0 Å². The van der Waals surface area contributed by atoms with Crippen LogP contribution in [0.4, 0.5) is 13.6 Å². The van der Waals surface area contributed by atoms with Crippen molar-refractivity contribution in [1.29, 1.82) is 0 Å². The minimum absolute atomic E-state index is 0.0602. The zero-order chi connectivity index (χ0) is 18.1. The first-order chi connectivity index (χ1) is 11.0. The topological polar surface area (TPSA) is 66.9 Å². The summed E-state index contributed by atoms with van der Waals surface area (Å²) < 4.78 is 58.6. The first-order valence-corrected chi connectivity index (χ1v) is 8.88. The number of sulfonamides is 1. The van der Waals surface area contributed by atoms with Gasteiger partial charge in [-0.1, -0.05) is 6.07 Å². The van der Waals surface area contributed by atoms with Gasteiger partial charge in [-0.05, 0) is 32.9 Å². The molecule has 1 aliphatic heterocycles. The number of hydrogen-bond donors (Lipinski definition) is 0. The van der Waals surface area contributed by atoms with Crippen molar-refractivity contribution in [2.24, 2.45) is 0 Å². The van der Waals surface area contributed by atoms with Gasteiger partial charge < -0.3 is 9.64 Å². The average Bonchev–Trinajstić information content (AvgIpc) is 2.45. The lowest BCUT2D eigenvalue weighted by Gasteiger charge is -2.35. The Kier molecular flexibility index (Phi) is 5.14. The van der Waals surface area contributed by atoms with Crippen LogP contribution >= 0.6 is 0 Å². The number of carbonyl (C=O) groups excluding carboxylic acids is 1. The molecule has 0 N–H and O–H groups in total. The molecule has 0 aromatic heterocycles. The van der Waals surface area contributed by atoms with Gasteiger partial charge in [0.15, 0.2) is 4.90 Å². The summed E-state index contributed by atoms with van der Waals surface area (Å²) in [5.41, 5.74) is -0.656. The van der Waals surface area contributed by atoms with E-state index in [1.165, 1.54) is 4.90 Å². The Labute approximate surface area is 140 Å². The van der Waals surface area contributed by atoms with E-state index in [1.807, 2.05) is 0 Å². The summed E-state index contributed by atoms with van der Waals surface area (Å²) in [7, 11) is -4.30. The van der Waals surface area contributed by atoms with Crippen LogP contribution in [0.2, 0.25) is 0 Å². The Morgan fingerprint density at radius 3 is 2.04 bits per heavy atom. The van der Waals surface area contributed by atoms with Crippen molar-refractivity contribution in [3.05, 3.63) is 29.8 Å². The van der Waals surface area contributed by atoms with Gasteiger partial charge >= 0.3 is 6.09 Å². The van der Waals surface area contributed by atoms with Crippen LogP contribution in [0.5, 0.6) is 0 Å². The van der Waals surface area contributed by atoms with Crippen molar-refractivity contribution >= 4 is 16.1 Å². The van der Waals surface area contributed by atoms with Gasteiger partial charge in [-0.25, -0.2) is 22.0 Å². The molecule has 9 heteroatoms. The van der Waals surface area contributed by atoms with Crippen LogP contribution in [-0.2, 0) is 14.8 Å². The third kappa shape index (κ3) is 4.02. The molecule has 0 aliphatic carbocycles. The Bertz CT molecular complexity index is 703. The zero-order valence-corrected chi connectivity index (χ0v) is 14.6. The molecule has 0 bridgehead atoms. The predicted octanol–water partition coefficient (Wildman–Crippen LogP) is 2.21. The molecule has 0 radical (unpaired) electrons. The Hall–Kier alpha value is -1.74. The van der Waals surface area contributed by atoms with Gasteiger partial charge in [0.25, 0.3) is 0 Å². The van der Waals surface area contributed by atoms with Crippen LogP contribution in [0.15, 0.2) is 23.1 Å². The molecule has 1 aromatic carbocycles. The molecule has 134 valence electrons. The summed E-state index contributed by atoms with van der Waals surface area (Å²) in [5, 5.41) is 0. The fraction of sp³-hybridized carbons (Fsp3) is 0.533. The van der Waals surface area contributed by atoms with E-state index in [2.05, 4.69) is 0 Å². The second-order valence-electron chi connectivity index (χ2n) is 6.42. The average molecular weight is 362 g/mol. The van der Waals surface area contributed by atoms with E-state index in [1.54, 1.807) is 20.8 Å². The fourth-order valence-corrected chi connectivity index (χ4v) is 3.83. The predicted molar refractivity (Wildman–Crippen MR) is 82.9 cm³/mol. The van der Waals surface area contributed by atoms with Crippen molar-refractivity contribution in [2.45, 2.75) is 31.3 Å². The molecule has 6 nitrogen and oxygen atoms in total. The second-order valence-corrected chi connectivity index (χ2v) is 8.30. The van der Waals surface area contributed by atoms with Gasteiger partial charge in [0.05, 0.1) is 0 Å². The minimum atomic E-state index is -4.30. The highest BCUT2D eigenvalue weighted by atomic mass is 32.2. The normalized spacial score (nSPS) is 17.0. The van der Waals surface area contributed by atoms with Gasteiger partial charge in [-0.3, -0.25) is 0 Å². The molecule has 1 heterocycles. The van der Waals surface area contributed by atoms with Gasteiger partial charge in [0.1, 0.15) is 17.2 Å². The molecule has 2 rings (SSSR count). The second kappa shape index (κ2) is 6.64. The number of benzene rings is 1. The number of carbonyl (C=O) groups is 1. The molecule has 0 spiro atoms. The van der Waals surface area contributed by atoms with Crippen LogP contribution < -0.4 is 0 Å². The van der Waals surface area contributed by atoms with E-state index < -0.39 is 38.2 Å². The van der Waals surface area contributed by atoms with Gasteiger partial charge in [-0.15, -0.1) is 0 Å². The fourth-order valence-electron chi connectivity index (χ4n) is 2.30. The molecular formula is C15H20F2N2O4S. The van der Waals surface area contributed by atoms with E-state index in [0.717, 1.165) is 22.5 Å². The molecule has 24 heavy (non-hydrogen) atoms. The molecule has 1 aromatic rings. The zero-order valence-electron chi connectivity index (χ0n) is 13.8. The smallest absolute Gasteiger partial charge is 0.410 e. The maximum atomic E-state index is 13.8. The molecule has 1 saturated heterocycles. The summed E-state index contributed by atoms with van der Waals surface area (Å²) in [5.74, 6) is -2.27. The van der Waals surface area contributed by atoms with Gasteiger partial charge in [-0.2, -0.15) is 4.31 Å². The molecule has 0 unspecified atom stereocenters. The quantitative estimate of drug-likeness (QED) is 0.809. The van der Waals surface area contributed by atoms with E-state index >= 15 is 0 Å². The summed E-state index contributed by atoms with van der Waals surface area (Å²) in [6.45, 7) is 5.24. The molecule has 1 aliphatic rings. The highest BCUT2D eigenvalue weighted by molar-refractivity contribution is 7.89. The van der Waals surface area contributed by atoms with Crippen molar-refractivity contribution < 1.29 is 26.7 Å². The Morgan fingerprint density at radius 2 is 1.58 bits per heavy atom. The van der Waals surface area contributed by atoms with E-state index in [-0.39, 0.29) is 26.2 Å². The van der Waals surface area contributed by atoms with Crippen LogP contribution in [-0.4, -0.2) is 55.5 Å².